The maximum atomic E-state index is 3.39. The molecule has 4 heteroatoms. The Labute approximate surface area is 110 Å². The molecule has 102 valence electrons. The number of fused-ring (bicyclic) bond motifs is 1. The third kappa shape index (κ3) is 1.90. The molecule has 0 spiro atoms. The fourth-order valence-corrected chi connectivity index (χ4v) is 4.45. The molecule has 0 saturated carbocycles. The van der Waals surface area contributed by atoms with Gasteiger partial charge in [0.1, 0.15) is 0 Å². The van der Waals surface area contributed by atoms with Crippen molar-refractivity contribution >= 4 is 0 Å². The normalized spacial score (nSPS) is 40.0. The van der Waals surface area contributed by atoms with Crippen molar-refractivity contribution < 1.29 is 0 Å². The van der Waals surface area contributed by atoms with Gasteiger partial charge in [-0.15, -0.1) is 0 Å². The van der Waals surface area contributed by atoms with Crippen molar-refractivity contribution in [2.45, 2.75) is 37.4 Å². The molecule has 4 nitrogen and oxygen atoms in total. The van der Waals surface area contributed by atoms with Gasteiger partial charge in [-0.2, -0.15) is 0 Å². The molecule has 4 rings (SSSR count). The van der Waals surface area contributed by atoms with Crippen molar-refractivity contribution in [3.8, 4) is 0 Å². The molecule has 0 aliphatic carbocycles. The van der Waals surface area contributed by atoms with Crippen LogP contribution in [0.15, 0.2) is 0 Å². The third-order valence-electron chi connectivity index (χ3n) is 5.66. The van der Waals surface area contributed by atoms with Crippen molar-refractivity contribution in [1.82, 2.24) is 20.0 Å². The maximum Gasteiger partial charge on any atom is 0.0346 e. The van der Waals surface area contributed by atoms with Crippen molar-refractivity contribution in [3.05, 3.63) is 0 Å². The Bertz CT molecular complexity index is 296. The first-order chi connectivity index (χ1) is 8.92. The zero-order chi connectivity index (χ0) is 11.9. The van der Waals surface area contributed by atoms with Gasteiger partial charge >= 0.3 is 0 Å². The van der Waals surface area contributed by atoms with Crippen molar-refractivity contribution in [2.75, 3.05) is 52.4 Å². The molecular formula is C14H26N4. The Morgan fingerprint density at radius 2 is 1.33 bits per heavy atom. The zero-order valence-electron chi connectivity index (χ0n) is 11.4. The molecule has 1 N–H and O–H groups in total. The van der Waals surface area contributed by atoms with Crippen LogP contribution in [0.1, 0.15) is 19.3 Å². The Morgan fingerprint density at radius 3 is 2.06 bits per heavy atom. The predicted octanol–water partition coefficient (Wildman–Crippen LogP) is -0.187. The van der Waals surface area contributed by atoms with E-state index in [0.29, 0.717) is 0 Å². The van der Waals surface area contributed by atoms with E-state index >= 15 is 0 Å². The summed E-state index contributed by atoms with van der Waals surface area (Å²) in [4.78, 5) is 8.25. The minimum atomic E-state index is 0.846. The number of nitrogens with one attached hydrogen (secondary N) is 1. The minimum Gasteiger partial charge on any atom is -0.314 e. The largest absolute Gasteiger partial charge is 0.314 e. The van der Waals surface area contributed by atoms with E-state index in [1.807, 2.05) is 0 Å². The lowest BCUT2D eigenvalue weighted by Crippen LogP contribution is -2.62. The number of nitrogens with zero attached hydrogens (tertiary/aromatic N) is 3. The molecular weight excluding hydrogens is 224 g/mol. The van der Waals surface area contributed by atoms with Crippen LogP contribution in [0.3, 0.4) is 0 Å². The SMILES string of the molecule is C1CC2C(N3CCN(C4CNC4)CC3)CCN2C1. The molecule has 2 unspecified atom stereocenters. The van der Waals surface area contributed by atoms with Crippen LogP contribution in [-0.2, 0) is 0 Å². The Hall–Kier alpha value is -0.160. The van der Waals surface area contributed by atoms with Crippen molar-refractivity contribution in [2.24, 2.45) is 0 Å². The van der Waals surface area contributed by atoms with Crippen LogP contribution in [0.5, 0.6) is 0 Å². The molecule has 2 atom stereocenters. The molecule has 4 heterocycles. The van der Waals surface area contributed by atoms with Crippen LogP contribution in [0.25, 0.3) is 0 Å². The van der Waals surface area contributed by atoms with Gasteiger partial charge in [-0.1, -0.05) is 0 Å². The highest BCUT2D eigenvalue weighted by Gasteiger charge is 2.41. The van der Waals surface area contributed by atoms with Gasteiger partial charge in [0.25, 0.3) is 0 Å². The smallest absolute Gasteiger partial charge is 0.0346 e. The van der Waals surface area contributed by atoms with Crippen LogP contribution >= 0.6 is 0 Å². The minimum absolute atomic E-state index is 0.846. The van der Waals surface area contributed by atoms with E-state index < -0.39 is 0 Å². The summed E-state index contributed by atoms with van der Waals surface area (Å²) in [7, 11) is 0. The van der Waals surface area contributed by atoms with Gasteiger partial charge in [-0.3, -0.25) is 14.7 Å². The van der Waals surface area contributed by atoms with Gasteiger partial charge in [0.15, 0.2) is 0 Å². The lowest BCUT2D eigenvalue weighted by atomic mass is 10.0. The highest BCUT2D eigenvalue weighted by Crippen LogP contribution is 2.31. The van der Waals surface area contributed by atoms with E-state index in [-0.39, 0.29) is 0 Å². The van der Waals surface area contributed by atoms with Gasteiger partial charge in [0.2, 0.25) is 0 Å². The van der Waals surface area contributed by atoms with Gasteiger partial charge in [0, 0.05) is 63.9 Å². The monoisotopic (exact) mass is 250 g/mol. The predicted molar refractivity (Wildman–Crippen MR) is 72.8 cm³/mol. The van der Waals surface area contributed by atoms with E-state index in [0.717, 1.165) is 18.1 Å². The summed E-state index contributed by atoms with van der Waals surface area (Å²) in [6.45, 7) is 10.4. The first-order valence-electron chi connectivity index (χ1n) is 7.85. The fourth-order valence-electron chi connectivity index (χ4n) is 4.45. The van der Waals surface area contributed by atoms with Crippen LogP contribution < -0.4 is 5.32 Å². The molecule has 4 aliphatic rings. The molecule has 4 saturated heterocycles. The quantitative estimate of drug-likeness (QED) is 0.733. The van der Waals surface area contributed by atoms with Crippen LogP contribution in [0, 0.1) is 0 Å². The van der Waals surface area contributed by atoms with E-state index in [1.165, 1.54) is 71.6 Å². The lowest BCUT2D eigenvalue weighted by Gasteiger charge is -2.45. The standard InChI is InChI=1S/C14H26N4/c1-2-13-14(3-5-17(13)4-1)18-8-6-16(7-9-18)12-10-15-11-12/h12-15H,1-11H2. The second-order valence-electron chi connectivity index (χ2n) is 6.49. The van der Waals surface area contributed by atoms with Crippen molar-refractivity contribution in [3.63, 3.8) is 0 Å². The number of hydrogen-bond donors (Lipinski definition) is 1. The summed E-state index contributed by atoms with van der Waals surface area (Å²) in [5, 5.41) is 3.39. The van der Waals surface area contributed by atoms with Gasteiger partial charge in [0.05, 0.1) is 0 Å². The summed E-state index contributed by atoms with van der Waals surface area (Å²) in [5.74, 6) is 0. The van der Waals surface area contributed by atoms with E-state index in [9.17, 15) is 0 Å². The first-order valence-corrected chi connectivity index (χ1v) is 7.85. The second kappa shape index (κ2) is 4.75. The van der Waals surface area contributed by atoms with Crippen LogP contribution in [-0.4, -0.2) is 85.2 Å². The van der Waals surface area contributed by atoms with Crippen LogP contribution in [0.2, 0.25) is 0 Å². The molecule has 0 amide bonds. The van der Waals surface area contributed by atoms with Crippen LogP contribution in [0.4, 0.5) is 0 Å². The summed E-state index contributed by atoms with van der Waals surface area (Å²) in [6, 6.07) is 2.63. The van der Waals surface area contributed by atoms with Gasteiger partial charge in [-0.25, -0.2) is 0 Å². The lowest BCUT2D eigenvalue weighted by molar-refractivity contribution is 0.0446. The Balaban J connectivity index is 1.33. The summed E-state index contributed by atoms with van der Waals surface area (Å²) in [6.07, 6.45) is 4.32. The number of piperazine rings is 1. The van der Waals surface area contributed by atoms with Gasteiger partial charge in [-0.05, 0) is 25.8 Å². The highest BCUT2D eigenvalue weighted by molar-refractivity contribution is 4.98. The molecule has 4 fully saturated rings. The molecule has 18 heavy (non-hydrogen) atoms. The van der Waals surface area contributed by atoms with E-state index in [2.05, 4.69) is 20.0 Å². The summed E-state index contributed by atoms with van der Waals surface area (Å²) >= 11 is 0. The number of rotatable bonds is 2. The molecule has 0 bridgehead atoms. The number of hydrogen-bond acceptors (Lipinski definition) is 4. The molecule has 0 aromatic carbocycles. The molecule has 0 aromatic rings. The summed E-state index contributed by atoms with van der Waals surface area (Å²) < 4.78 is 0. The average Bonchev–Trinajstić information content (AvgIpc) is 2.90. The molecule has 0 aromatic heterocycles. The Morgan fingerprint density at radius 1 is 0.667 bits per heavy atom. The van der Waals surface area contributed by atoms with Gasteiger partial charge < -0.3 is 5.32 Å². The van der Waals surface area contributed by atoms with Crippen molar-refractivity contribution in [1.29, 1.82) is 0 Å². The third-order valence-corrected chi connectivity index (χ3v) is 5.66. The molecule has 4 aliphatic heterocycles. The topological polar surface area (TPSA) is 21.8 Å². The zero-order valence-corrected chi connectivity index (χ0v) is 11.4. The highest BCUT2D eigenvalue weighted by atomic mass is 15.3. The van der Waals surface area contributed by atoms with E-state index in [1.54, 1.807) is 0 Å². The molecule has 0 radical (unpaired) electrons. The first kappa shape index (κ1) is 11.6. The Kier molecular flexibility index (Phi) is 3.07. The fraction of sp³-hybridized carbons (Fsp3) is 1.00. The average molecular weight is 250 g/mol. The maximum absolute atomic E-state index is 3.39. The summed E-state index contributed by atoms with van der Waals surface area (Å²) in [5.41, 5.74) is 0. The second-order valence-corrected chi connectivity index (χ2v) is 6.49. The van der Waals surface area contributed by atoms with E-state index in [4.69, 9.17) is 0 Å².